The van der Waals surface area contributed by atoms with E-state index in [1.165, 1.54) is 6.92 Å². The molecule has 0 aromatic heterocycles. The number of alkyl carbamates (subject to hydrolysis) is 1. The van der Waals surface area contributed by atoms with E-state index in [-0.39, 0.29) is 19.1 Å². The van der Waals surface area contributed by atoms with Crippen molar-refractivity contribution in [2.75, 3.05) is 13.2 Å². The van der Waals surface area contributed by atoms with Crippen molar-refractivity contribution in [3.05, 3.63) is 95.6 Å². The molecule has 3 aromatic rings. The van der Waals surface area contributed by atoms with Gasteiger partial charge in [-0.05, 0) is 34.7 Å². The van der Waals surface area contributed by atoms with E-state index in [4.69, 9.17) is 9.47 Å². The Morgan fingerprint density at radius 1 is 0.976 bits per heavy atom. The highest BCUT2D eigenvalue weighted by Crippen LogP contribution is 2.44. The first kappa shape index (κ1) is 28.2. The SMILES string of the molecule is CC(OCc1ccccc1)C(NC(=O)OCC1c2ccccc2-c2ccccc21)C(=O)N1CC(F)(F)C[C@@H]1C(=O)O. The average molecular weight is 565 g/mol. The van der Waals surface area contributed by atoms with Crippen molar-refractivity contribution in [2.24, 2.45) is 0 Å². The minimum atomic E-state index is -3.37. The van der Waals surface area contributed by atoms with Gasteiger partial charge in [0, 0.05) is 12.3 Å². The average Bonchev–Trinajstić information content (AvgIpc) is 3.47. The zero-order chi connectivity index (χ0) is 29.1. The number of aliphatic carboxylic acids is 1. The van der Waals surface area contributed by atoms with Crippen LogP contribution in [-0.2, 0) is 25.7 Å². The standard InChI is InChI=1S/C31H30F2N2O6/c1-19(40-16-20-9-3-2-4-10-20)27(28(36)35-18-31(32,33)15-26(35)29(37)38)34-30(39)41-17-25-23-13-7-5-11-21(23)22-12-6-8-14-24(22)25/h2-14,19,25-27H,15-18H2,1H3,(H,34,39)(H,37,38)/t19?,26-,27?/m1/s1. The number of carbonyl (C=O) groups is 3. The van der Waals surface area contributed by atoms with Gasteiger partial charge in [0.05, 0.1) is 19.3 Å². The molecule has 0 bridgehead atoms. The summed E-state index contributed by atoms with van der Waals surface area (Å²) in [6.07, 6.45) is -2.95. The predicted octanol–water partition coefficient (Wildman–Crippen LogP) is 4.82. The number of nitrogens with zero attached hydrogens (tertiary/aromatic N) is 1. The number of hydrogen-bond acceptors (Lipinski definition) is 5. The van der Waals surface area contributed by atoms with Gasteiger partial charge in [0.1, 0.15) is 18.7 Å². The number of hydrogen-bond donors (Lipinski definition) is 2. The fourth-order valence-corrected chi connectivity index (χ4v) is 5.49. The Hall–Kier alpha value is -4.31. The summed E-state index contributed by atoms with van der Waals surface area (Å²) < 4.78 is 39.8. The molecule has 5 rings (SSSR count). The van der Waals surface area contributed by atoms with Crippen LogP contribution in [0.25, 0.3) is 11.1 Å². The maximum absolute atomic E-state index is 14.2. The summed E-state index contributed by atoms with van der Waals surface area (Å²) in [6.45, 7) is 0.493. The number of carboxylic acid groups (broad SMARTS) is 1. The first-order chi connectivity index (χ1) is 19.6. The van der Waals surface area contributed by atoms with Gasteiger partial charge in [-0.25, -0.2) is 18.4 Å². The van der Waals surface area contributed by atoms with E-state index in [1.54, 1.807) is 0 Å². The van der Waals surface area contributed by atoms with Crippen LogP contribution in [0.2, 0.25) is 0 Å². The van der Waals surface area contributed by atoms with Crippen LogP contribution in [0.5, 0.6) is 0 Å². The van der Waals surface area contributed by atoms with Crippen molar-refractivity contribution >= 4 is 18.0 Å². The predicted molar refractivity (Wildman–Crippen MR) is 145 cm³/mol. The Labute approximate surface area is 235 Å². The van der Waals surface area contributed by atoms with Gasteiger partial charge in [0.2, 0.25) is 5.91 Å². The Morgan fingerprint density at radius 2 is 1.56 bits per heavy atom. The number of likely N-dealkylation sites (tertiary alicyclic amines) is 1. The largest absolute Gasteiger partial charge is 0.480 e. The molecule has 3 aromatic carbocycles. The lowest BCUT2D eigenvalue weighted by molar-refractivity contribution is -0.150. The smallest absolute Gasteiger partial charge is 0.407 e. The van der Waals surface area contributed by atoms with E-state index in [0.29, 0.717) is 4.90 Å². The molecule has 10 heteroatoms. The second kappa shape index (κ2) is 11.7. The summed E-state index contributed by atoms with van der Waals surface area (Å²) in [6, 6.07) is 21.5. The van der Waals surface area contributed by atoms with E-state index in [1.807, 2.05) is 78.9 Å². The summed E-state index contributed by atoms with van der Waals surface area (Å²) >= 11 is 0. The maximum atomic E-state index is 14.2. The number of rotatable bonds is 9. The third-order valence-electron chi connectivity index (χ3n) is 7.55. The second-order valence-electron chi connectivity index (χ2n) is 10.3. The molecular formula is C31H30F2N2O6. The molecule has 2 unspecified atom stereocenters. The summed E-state index contributed by atoms with van der Waals surface area (Å²) in [4.78, 5) is 38.9. The molecule has 0 radical (unpaired) electrons. The molecule has 2 amide bonds. The van der Waals surface area contributed by atoms with Crippen molar-refractivity contribution in [3.8, 4) is 11.1 Å². The van der Waals surface area contributed by atoms with Gasteiger partial charge in [-0.2, -0.15) is 0 Å². The monoisotopic (exact) mass is 564 g/mol. The molecule has 41 heavy (non-hydrogen) atoms. The Morgan fingerprint density at radius 3 is 2.17 bits per heavy atom. The molecule has 1 aliphatic carbocycles. The van der Waals surface area contributed by atoms with Gasteiger partial charge < -0.3 is 24.8 Å². The number of carboxylic acids is 1. The Kier molecular flexibility index (Phi) is 8.03. The fourth-order valence-electron chi connectivity index (χ4n) is 5.49. The highest BCUT2D eigenvalue weighted by Gasteiger charge is 2.52. The number of ether oxygens (including phenoxy) is 2. The summed E-state index contributed by atoms with van der Waals surface area (Å²) in [7, 11) is 0. The quantitative estimate of drug-likeness (QED) is 0.386. The normalized spacial score (nSPS) is 18.7. The molecular weight excluding hydrogens is 534 g/mol. The van der Waals surface area contributed by atoms with Gasteiger partial charge in [0.25, 0.3) is 5.92 Å². The van der Waals surface area contributed by atoms with Crippen molar-refractivity contribution in [1.29, 1.82) is 0 Å². The van der Waals surface area contributed by atoms with E-state index in [2.05, 4.69) is 5.32 Å². The van der Waals surface area contributed by atoms with Crippen molar-refractivity contribution in [2.45, 2.75) is 50.0 Å². The van der Waals surface area contributed by atoms with Crippen LogP contribution in [0.4, 0.5) is 13.6 Å². The highest BCUT2D eigenvalue weighted by molar-refractivity contribution is 5.90. The number of fused-ring (bicyclic) bond motifs is 3. The molecule has 1 aliphatic heterocycles. The van der Waals surface area contributed by atoms with Crippen LogP contribution in [-0.4, -0.2) is 65.2 Å². The molecule has 0 saturated carbocycles. The Bertz CT molecular complexity index is 1390. The van der Waals surface area contributed by atoms with Crippen LogP contribution < -0.4 is 5.32 Å². The molecule has 214 valence electrons. The zero-order valence-electron chi connectivity index (χ0n) is 22.3. The van der Waals surface area contributed by atoms with E-state index >= 15 is 0 Å². The summed E-state index contributed by atoms with van der Waals surface area (Å²) in [5.74, 6) is -6.14. The minimum absolute atomic E-state index is 0.0282. The van der Waals surface area contributed by atoms with Gasteiger partial charge >= 0.3 is 12.1 Å². The van der Waals surface area contributed by atoms with Crippen molar-refractivity contribution in [3.63, 3.8) is 0 Å². The van der Waals surface area contributed by atoms with Crippen molar-refractivity contribution < 1.29 is 37.7 Å². The molecule has 2 N–H and O–H groups in total. The number of amides is 2. The lowest BCUT2D eigenvalue weighted by Gasteiger charge is -2.30. The molecule has 8 nitrogen and oxygen atoms in total. The summed E-state index contributed by atoms with van der Waals surface area (Å²) in [5.41, 5.74) is 4.88. The lowest BCUT2D eigenvalue weighted by Crippen LogP contribution is -2.56. The van der Waals surface area contributed by atoms with Gasteiger partial charge in [-0.15, -0.1) is 0 Å². The molecule has 0 spiro atoms. The van der Waals surface area contributed by atoms with Crippen LogP contribution in [0.1, 0.15) is 36.0 Å². The minimum Gasteiger partial charge on any atom is -0.480 e. The van der Waals surface area contributed by atoms with E-state index in [0.717, 1.165) is 27.8 Å². The number of benzene rings is 3. The third-order valence-corrected chi connectivity index (χ3v) is 7.55. The van der Waals surface area contributed by atoms with Gasteiger partial charge in [0.15, 0.2) is 0 Å². The molecule has 1 fully saturated rings. The number of halogens is 2. The number of carbonyl (C=O) groups excluding carboxylic acids is 2. The number of nitrogens with one attached hydrogen (secondary N) is 1. The lowest BCUT2D eigenvalue weighted by atomic mass is 9.98. The van der Waals surface area contributed by atoms with Crippen LogP contribution in [0.3, 0.4) is 0 Å². The van der Waals surface area contributed by atoms with Crippen LogP contribution in [0.15, 0.2) is 78.9 Å². The van der Waals surface area contributed by atoms with Crippen molar-refractivity contribution in [1.82, 2.24) is 10.2 Å². The number of alkyl halides is 2. The Balaban J connectivity index is 1.32. The molecule has 2 aliphatic rings. The first-order valence-corrected chi connectivity index (χ1v) is 13.3. The highest BCUT2D eigenvalue weighted by atomic mass is 19.3. The van der Waals surface area contributed by atoms with Crippen LogP contribution >= 0.6 is 0 Å². The van der Waals surface area contributed by atoms with E-state index in [9.17, 15) is 28.3 Å². The maximum Gasteiger partial charge on any atom is 0.407 e. The molecule has 1 heterocycles. The molecule has 3 atom stereocenters. The zero-order valence-corrected chi connectivity index (χ0v) is 22.3. The van der Waals surface area contributed by atoms with Gasteiger partial charge in [-0.1, -0.05) is 78.9 Å². The van der Waals surface area contributed by atoms with Crippen LogP contribution in [0, 0.1) is 0 Å². The topological polar surface area (TPSA) is 105 Å². The summed E-state index contributed by atoms with van der Waals surface area (Å²) in [5, 5.41) is 12.0. The first-order valence-electron chi connectivity index (χ1n) is 13.3. The molecule has 1 saturated heterocycles. The fraction of sp³-hybridized carbons (Fsp3) is 0.323. The third kappa shape index (κ3) is 6.07. The second-order valence-corrected chi connectivity index (χ2v) is 10.3. The van der Waals surface area contributed by atoms with E-state index < -0.39 is 55.0 Å². The van der Waals surface area contributed by atoms with Gasteiger partial charge in [-0.3, -0.25) is 4.79 Å².